The van der Waals surface area contributed by atoms with Crippen molar-refractivity contribution in [1.29, 1.82) is 0 Å². The van der Waals surface area contributed by atoms with Crippen molar-refractivity contribution >= 4 is 15.7 Å². The van der Waals surface area contributed by atoms with Crippen molar-refractivity contribution in [2.75, 3.05) is 25.1 Å². The second kappa shape index (κ2) is 6.62. The summed E-state index contributed by atoms with van der Waals surface area (Å²) in [6, 6.07) is 6.07. The van der Waals surface area contributed by atoms with E-state index >= 15 is 0 Å². The number of nitrogens with one attached hydrogen (secondary N) is 1. The topological polar surface area (TPSA) is 81.4 Å². The Morgan fingerprint density at radius 3 is 2.61 bits per heavy atom. The molecule has 0 saturated carbocycles. The van der Waals surface area contributed by atoms with Crippen LogP contribution in [0.5, 0.6) is 0 Å². The van der Waals surface area contributed by atoms with E-state index in [4.69, 9.17) is 5.14 Å². The number of hydrogen-bond donors (Lipinski definition) is 2. The summed E-state index contributed by atoms with van der Waals surface area (Å²) < 4.78 is 50.7. The first-order valence-electron chi connectivity index (χ1n) is 5.13. The maximum atomic E-state index is 11.8. The van der Waals surface area contributed by atoms with Crippen molar-refractivity contribution in [2.45, 2.75) is 11.3 Å². The van der Waals surface area contributed by atoms with Crippen LogP contribution in [0.2, 0.25) is 0 Å². The minimum atomic E-state index is -3.81. The first kappa shape index (κ1) is 14.8. The monoisotopic (exact) mass is 280 g/mol. The molecule has 0 saturated heterocycles. The molecule has 0 spiro atoms. The Labute approximate surface area is 104 Å². The number of primary sulfonamides is 1. The van der Waals surface area contributed by atoms with E-state index in [1.54, 1.807) is 6.07 Å². The van der Waals surface area contributed by atoms with Crippen LogP contribution in [0.15, 0.2) is 29.2 Å². The van der Waals surface area contributed by atoms with Crippen LogP contribution in [-0.2, 0) is 14.8 Å². The van der Waals surface area contributed by atoms with Gasteiger partial charge in [0.15, 0.2) is 0 Å². The van der Waals surface area contributed by atoms with Gasteiger partial charge in [-0.2, -0.15) is 0 Å². The second-order valence-corrected chi connectivity index (χ2v) is 4.96. The molecule has 1 rings (SSSR count). The number of sulfonamides is 1. The fourth-order valence-electron chi connectivity index (χ4n) is 1.29. The van der Waals surface area contributed by atoms with Crippen molar-refractivity contribution < 1.29 is 21.9 Å². The summed E-state index contributed by atoms with van der Waals surface area (Å²) >= 11 is 0. The molecule has 0 aliphatic heterocycles. The van der Waals surface area contributed by atoms with Crippen molar-refractivity contribution in [2.24, 2.45) is 5.14 Å². The zero-order valence-corrected chi connectivity index (χ0v) is 10.3. The Morgan fingerprint density at radius 2 is 2.00 bits per heavy atom. The van der Waals surface area contributed by atoms with Crippen LogP contribution in [-0.4, -0.2) is 34.6 Å². The highest BCUT2D eigenvalue weighted by molar-refractivity contribution is 7.89. The maximum absolute atomic E-state index is 11.8. The number of para-hydroxylation sites is 1. The number of anilines is 1. The lowest BCUT2D eigenvalue weighted by atomic mass is 10.3. The second-order valence-electron chi connectivity index (χ2n) is 3.43. The maximum Gasteiger partial charge on any atom is 0.261 e. The van der Waals surface area contributed by atoms with Gasteiger partial charge in [-0.05, 0) is 12.1 Å². The summed E-state index contributed by atoms with van der Waals surface area (Å²) in [6.45, 7) is -0.388. The summed E-state index contributed by atoms with van der Waals surface area (Å²) in [4.78, 5) is -0.0427. The lowest BCUT2D eigenvalue weighted by molar-refractivity contribution is 0.0215. The van der Waals surface area contributed by atoms with E-state index in [9.17, 15) is 17.2 Å². The van der Waals surface area contributed by atoms with Crippen LogP contribution in [0.1, 0.15) is 0 Å². The zero-order chi connectivity index (χ0) is 13.6. The van der Waals surface area contributed by atoms with Crippen molar-refractivity contribution in [3.63, 3.8) is 0 Å². The lowest BCUT2D eigenvalue weighted by Gasteiger charge is -2.10. The predicted molar refractivity (Wildman–Crippen MR) is 63.1 cm³/mol. The van der Waals surface area contributed by atoms with Crippen LogP contribution in [0.3, 0.4) is 0 Å². The number of nitrogens with two attached hydrogens (primary N) is 1. The normalized spacial score (nSPS) is 11.8. The molecule has 0 unspecified atom stereocenters. The molecule has 8 heteroatoms. The largest absolute Gasteiger partial charge is 0.382 e. The highest BCUT2D eigenvalue weighted by Crippen LogP contribution is 2.18. The van der Waals surface area contributed by atoms with Gasteiger partial charge in [0.05, 0.1) is 12.3 Å². The van der Waals surface area contributed by atoms with Gasteiger partial charge in [-0.3, -0.25) is 0 Å². The SMILES string of the molecule is NS(=O)(=O)c1ccccc1NCCOCC(F)F. The van der Waals surface area contributed by atoms with Gasteiger partial charge in [-0.1, -0.05) is 12.1 Å². The number of rotatable bonds is 7. The van der Waals surface area contributed by atoms with Crippen LogP contribution in [0.25, 0.3) is 0 Å². The molecular formula is C10H14F2N2O3S. The third kappa shape index (κ3) is 4.94. The lowest BCUT2D eigenvalue weighted by Crippen LogP contribution is -2.17. The van der Waals surface area contributed by atoms with Gasteiger partial charge in [0.25, 0.3) is 6.43 Å². The van der Waals surface area contributed by atoms with Crippen molar-refractivity contribution in [1.82, 2.24) is 0 Å². The van der Waals surface area contributed by atoms with Gasteiger partial charge in [0.2, 0.25) is 10.0 Å². The molecule has 18 heavy (non-hydrogen) atoms. The Kier molecular flexibility index (Phi) is 5.45. The average Bonchev–Trinajstić information content (AvgIpc) is 2.27. The number of halogens is 2. The Bertz CT molecular complexity index is 480. The highest BCUT2D eigenvalue weighted by Gasteiger charge is 2.12. The highest BCUT2D eigenvalue weighted by atomic mass is 32.2. The third-order valence-electron chi connectivity index (χ3n) is 2.00. The molecule has 0 atom stereocenters. The molecule has 0 aliphatic carbocycles. The number of alkyl halides is 2. The molecule has 0 amide bonds. The van der Waals surface area contributed by atoms with Gasteiger partial charge < -0.3 is 10.1 Å². The van der Waals surface area contributed by atoms with Gasteiger partial charge >= 0.3 is 0 Å². The van der Waals surface area contributed by atoms with Gasteiger partial charge in [-0.15, -0.1) is 0 Å². The Morgan fingerprint density at radius 1 is 1.33 bits per heavy atom. The van der Waals surface area contributed by atoms with E-state index in [1.165, 1.54) is 18.2 Å². The van der Waals surface area contributed by atoms with E-state index in [0.717, 1.165) is 0 Å². The predicted octanol–water partition coefficient (Wildman–Crippen LogP) is 1.03. The van der Waals surface area contributed by atoms with Gasteiger partial charge in [-0.25, -0.2) is 22.3 Å². The van der Waals surface area contributed by atoms with Crippen molar-refractivity contribution in [3.8, 4) is 0 Å². The molecule has 0 bridgehead atoms. The fourth-order valence-corrected chi connectivity index (χ4v) is 2.01. The smallest absolute Gasteiger partial charge is 0.261 e. The van der Waals surface area contributed by atoms with Gasteiger partial charge in [0.1, 0.15) is 11.5 Å². The molecule has 1 aromatic carbocycles. The molecule has 0 aromatic heterocycles. The minimum absolute atomic E-state index is 0.0427. The quantitative estimate of drug-likeness (QED) is 0.731. The molecule has 0 radical (unpaired) electrons. The van der Waals surface area contributed by atoms with Crippen LogP contribution >= 0.6 is 0 Å². The summed E-state index contributed by atoms with van der Waals surface area (Å²) in [5.74, 6) is 0. The third-order valence-corrected chi connectivity index (χ3v) is 2.97. The number of ether oxygens (including phenoxy) is 1. The fraction of sp³-hybridized carbons (Fsp3) is 0.400. The molecular weight excluding hydrogens is 266 g/mol. The standard InChI is InChI=1S/C10H14F2N2O3S/c11-10(12)7-17-6-5-14-8-3-1-2-4-9(8)18(13,15)16/h1-4,10,14H,5-7H2,(H2,13,15,16). The van der Waals surface area contributed by atoms with Crippen LogP contribution < -0.4 is 10.5 Å². The molecule has 0 fully saturated rings. The summed E-state index contributed by atoms with van der Waals surface area (Å²) in [5.41, 5.74) is 0.320. The molecule has 5 nitrogen and oxygen atoms in total. The van der Waals surface area contributed by atoms with Crippen LogP contribution in [0, 0.1) is 0 Å². The number of benzene rings is 1. The zero-order valence-electron chi connectivity index (χ0n) is 9.47. The van der Waals surface area contributed by atoms with Crippen molar-refractivity contribution in [3.05, 3.63) is 24.3 Å². The molecule has 0 aliphatic rings. The summed E-state index contributed by atoms with van der Waals surface area (Å²) in [7, 11) is -3.81. The van der Waals surface area contributed by atoms with E-state index in [1.807, 2.05) is 0 Å². The molecule has 1 aromatic rings. The Hall–Kier alpha value is -1.25. The van der Waals surface area contributed by atoms with Gasteiger partial charge in [0, 0.05) is 6.54 Å². The van der Waals surface area contributed by atoms with E-state index in [0.29, 0.717) is 5.69 Å². The minimum Gasteiger partial charge on any atom is -0.382 e. The van der Waals surface area contributed by atoms with Crippen LogP contribution in [0.4, 0.5) is 14.5 Å². The summed E-state index contributed by atoms with van der Waals surface area (Å²) in [5, 5.41) is 7.79. The van der Waals surface area contributed by atoms with E-state index in [-0.39, 0.29) is 18.0 Å². The summed E-state index contributed by atoms with van der Waals surface area (Å²) in [6.07, 6.45) is -2.51. The number of hydrogen-bond acceptors (Lipinski definition) is 4. The van der Waals surface area contributed by atoms with E-state index in [2.05, 4.69) is 10.1 Å². The Balaban J connectivity index is 2.53. The molecule has 3 N–H and O–H groups in total. The molecule has 102 valence electrons. The first-order valence-corrected chi connectivity index (χ1v) is 6.67. The average molecular weight is 280 g/mol. The first-order chi connectivity index (χ1) is 8.41. The van der Waals surface area contributed by atoms with E-state index < -0.39 is 23.1 Å². The molecule has 0 heterocycles.